The number of hydrogen-bond acceptors (Lipinski definition) is 4. The van der Waals surface area contributed by atoms with Crippen molar-refractivity contribution in [2.24, 2.45) is 5.92 Å². The van der Waals surface area contributed by atoms with E-state index in [0.717, 1.165) is 9.87 Å². The molecule has 1 saturated heterocycles. The van der Waals surface area contributed by atoms with Gasteiger partial charge in [0.25, 0.3) is 5.91 Å². The van der Waals surface area contributed by atoms with Gasteiger partial charge in [0, 0.05) is 12.1 Å². The molecule has 0 bridgehead atoms. The van der Waals surface area contributed by atoms with Crippen molar-refractivity contribution < 1.29 is 22.4 Å². The Balaban J connectivity index is 1.62. The Morgan fingerprint density at radius 3 is 2.33 bits per heavy atom. The molecule has 2 aromatic carbocycles. The zero-order valence-electron chi connectivity index (χ0n) is 14.7. The number of rotatable bonds is 5. The molecular formula is C19H19FN2O4S. The molecule has 1 N–H and O–H groups in total. The molecular weight excluding hydrogens is 371 g/mol. The van der Waals surface area contributed by atoms with Crippen molar-refractivity contribution in [2.45, 2.75) is 13.3 Å². The number of halogens is 1. The van der Waals surface area contributed by atoms with Gasteiger partial charge in [-0.3, -0.25) is 9.59 Å². The zero-order valence-corrected chi connectivity index (χ0v) is 15.5. The summed E-state index contributed by atoms with van der Waals surface area (Å²) < 4.78 is 37.9. The second-order valence-electron chi connectivity index (χ2n) is 6.46. The number of sulfonamides is 1. The molecule has 27 heavy (non-hydrogen) atoms. The van der Waals surface area contributed by atoms with E-state index in [-0.39, 0.29) is 23.2 Å². The molecule has 0 radical (unpaired) electrons. The van der Waals surface area contributed by atoms with Gasteiger partial charge in [-0.15, -0.1) is 0 Å². The van der Waals surface area contributed by atoms with Crippen molar-refractivity contribution in [3.8, 4) is 0 Å². The molecule has 6 nitrogen and oxygen atoms in total. The van der Waals surface area contributed by atoms with Crippen LogP contribution in [0, 0.1) is 11.7 Å². The van der Waals surface area contributed by atoms with Crippen LogP contribution in [0.2, 0.25) is 0 Å². The fraction of sp³-hybridized carbons (Fsp3) is 0.263. The van der Waals surface area contributed by atoms with Gasteiger partial charge in [-0.05, 0) is 48.4 Å². The van der Waals surface area contributed by atoms with Gasteiger partial charge in [0.05, 0.1) is 17.4 Å². The Morgan fingerprint density at radius 1 is 1.15 bits per heavy atom. The predicted molar refractivity (Wildman–Crippen MR) is 99.3 cm³/mol. The minimum absolute atomic E-state index is 0.211. The van der Waals surface area contributed by atoms with Crippen LogP contribution < -0.4 is 9.62 Å². The lowest BCUT2D eigenvalue weighted by Gasteiger charge is -2.15. The first kappa shape index (κ1) is 19.0. The van der Waals surface area contributed by atoms with Gasteiger partial charge in [-0.2, -0.15) is 0 Å². The monoisotopic (exact) mass is 390 g/mol. The van der Waals surface area contributed by atoms with Crippen LogP contribution in [0.3, 0.4) is 0 Å². The Bertz CT molecular complexity index is 956. The zero-order chi connectivity index (χ0) is 19.6. The third kappa shape index (κ3) is 4.16. The Morgan fingerprint density at radius 2 is 1.78 bits per heavy atom. The summed E-state index contributed by atoms with van der Waals surface area (Å²) in [6.45, 7) is 1.95. The standard InChI is InChI=1S/C19H19FN2O4S/c1-13-12-27(25,26)22(19(13)24)17-8-4-15(5-9-17)18(23)21-11-10-14-2-6-16(20)7-3-14/h2-9,13H,10-12H2,1H3,(H,21,23)/t13-/m0/s1. The van der Waals surface area contributed by atoms with Crippen molar-refractivity contribution in [2.75, 3.05) is 16.6 Å². The largest absolute Gasteiger partial charge is 0.352 e. The highest BCUT2D eigenvalue weighted by Crippen LogP contribution is 2.28. The highest BCUT2D eigenvalue weighted by atomic mass is 32.2. The van der Waals surface area contributed by atoms with Crippen LogP contribution >= 0.6 is 0 Å². The van der Waals surface area contributed by atoms with E-state index in [1.54, 1.807) is 19.1 Å². The van der Waals surface area contributed by atoms with Crippen LogP contribution in [-0.4, -0.2) is 32.5 Å². The number of hydrogen-bond donors (Lipinski definition) is 1. The maximum atomic E-state index is 12.9. The quantitative estimate of drug-likeness (QED) is 0.848. The van der Waals surface area contributed by atoms with E-state index < -0.39 is 21.8 Å². The topological polar surface area (TPSA) is 83.6 Å². The molecule has 142 valence electrons. The minimum atomic E-state index is -3.66. The summed E-state index contributed by atoms with van der Waals surface area (Å²) in [7, 11) is -3.66. The molecule has 1 fully saturated rings. The first-order valence-corrected chi connectivity index (χ1v) is 10.1. The molecule has 1 atom stereocenters. The maximum Gasteiger partial charge on any atom is 0.251 e. The first-order chi connectivity index (χ1) is 12.8. The van der Waals surface area contributed by atoms with Gasteiger partial charge in [0.2, 0.25) is 15.9 Å². The Hall–Kier alpha value is -2.74. The van der Waals surface area contributed by atoms with Crippen LogP contribution in [0.4, 0.5) is 10.1 Å². The van der Waals surface area contributed by atoms with Crippen molar-refractivity contribution in [1.82, 2.24) is 5.32 Å². The second-order valence-corrected chi connectivity index (χ2v) is 8.32. The van der Waals surface area contributed by atoms with Crippen LogP contribution in [0.25, 0.3) is 0 Å². The van der Waals surface area contributed by atoms with Crippen LogP contribution in [0.15, 0.2) is 48.5 Å². The molecule has 1 aliphatic rings. The molecule has 0 aliphatic carbocycles. The molecule has 1 heterocycles. The number of benzene rings is 2. The van der Waals surface area contributed by atoms with E-state index in [9.17, 15) is 22.4 Å². The number of amides is 2. The van der Waals surface area contributed by atoms with E-state index in [2.05, 4.69) is 5.32 Å². The van der Waals surface area contributed by atoms with Gasteiger partial charge in [0.1, 0.15) is 5.82 Å². The lowest BCUT2D eigenvalue weighted by atomic mass is 10.1. The molecule has 1 aliphatic heterocycles. The van der Waals surface area contributed by atoms with E-state index in [1.165, 1.54) is 36.4 Å². The van der Waals surface area contributed by atoms with Gasteiger partial charge >= 0.3 is 0 Å². The highest BCUT2D eigenvalue weighted by molar-refractivity contribution is 7.94. The van der Waals surface area contributed by atoms with Gasteiger partial charge in [-0.25, -0.2) is 17.1 Å². The average Bonchev–Trinajstić information content (AvgIpc) is 2.84. The van der Waals surface area contributed by atoms with E-state index in [4.69, 9.17) is 0 Å². The summed E-state index contributed by atoms with van der Waals surface area (Å²) in [5.41, 5.74) is 1.49. The lowest BCUT2D eigenvalue weighted by Crippen LogP contribution is -2.30. The summed E-state index contributed by atoms with van der Waals surface area (Å²) >= 11 is 0. The molecule has 0 saturated carbocycles. The molecule has 3 rings (SSSR count). The molecule has 0 unspecified atom stereocenters. The van der Waals surface area contributed by atoms with E-state index in [0.29, 0.717) is 18.5 Å². The number of nitrogens with zero attached hydrogens (tertiary/aromatic N) is 1. The molecule has 8 heteroatoms. The summed E-state index contributed by atoms with van der Waals surface area (Å²) in [4.78, 5) is 24.3. The summed E-state index contributed by atoms with van der Waals surface area (Å²) in [6, 6.07) is 11.9. The van der Waals surface area contributed by atoms with Crippen LogP contribution in [0.5, 0.6) is 0 Å². The van der Waals surface area contributed by atoms with Crippen LogP contribution in [0.1, 0.15) is 22.8 Å². The van der Waals surface area contributed by atoms with E-state index in [1.807, 2.05) is 0 Å². The normalized spacial score (nSPS) is 18.5. The molecule has 0 aromatic heterocycles. The fourth-order valence-electron chi connectivity index (χ4n) is 2.91. The smallest absolute Gasteiger partial charge is 0.251 e. The second kappa shape index (κ2) is 7.48. The fourth-order valence-corrected chi connectivity index (χ4v) is 4.73. The number of carbonyl (C=O) groups excluding carboxylic acids is 2. The average molecular weight is 390 g/mol. The highest BCUT2D eigenvalue weighted by Gasteiger charge is 2.41. The molecule has 0 spiro atoms. The van der Waals surface area contributed by atoms with Gasteiger partial charge < -0.3 is 5.32 Å². The SMILES string of the molecule is C[C@H]1CS(=O)(=O)N(c2ccc(C(=O)NCCc3ccc(F)cc3)cc2)C1=O. The molecule has 2 amide bonds. The number of carbonyl (C=O) groups is 2. The Labute approximate surface area is 157 Å². The lowest BCUT2D eigenvalue weighted by molar-refractivity contribution is -0.119. The summed E-state index contributed by atoms with van der Waals surface area (Å²) in [6.07, 6.45) is 0.558. The van der Waals surface area contributed by atoms with Crippen molar-refractivity contribution >= 4 is 27.5 Å². The third-order valence-electron chi connectivity index (χ3n) is 4.34. The van der Waals surface area contributed by atoms with E-state index >= 15 is 0 Å². The van der Waals surface area contributed by atoms with Crippen LogP contribution in [-0.2, 0) is 21.2 Å². The van der Waals surface area contributed by atoms with Crippen molar-refractivity contribution in [3.63, 3.8) is 0 Å². The summed E-state index contributed by atoms with van der Waals surface area (Å²) in [5.74, 6) is -1.88. The summed E-state index contributed by atoms with van der Waals surface area (Å²) in [5, 5.41) is 2.75. The van der Waals surface area contributed by atoms with Gasteiger partial charge in [-0.1, -0.05) is 19.1 Å². The third-order valence-corrected chi connectivity index (χ3v) is 6.21. The van der Waals surface area contributed by atoms with Gasteiger partial charge in [0.15, 0.2) is 0 Å². The minimum Gasteiger partial charge on any atom is -0.352 e. The van der Waals surface area contributed by atoms with Crippen molar-refractivity contribution in [3.05, 3.63) is 65.5 Å². The first-order valence-electron chi connectivity index (χ1n) is 8.47. The van der Waals surface area contributed by atoms with Crippen molar-refractivity contribution in [1.29, 1.82) is 0 Å². The number of anilines is 1. The maximum absolute atomic E-state index is 12.9. The predicted octanol–water partition coefficient (Wildman–Crippen LogP) is 2.11. The molecule has 2 aromatic rings. The number of nitrogens with one attached hydrogen (secondary N) is 1. The Kier molecular flexibility index (Phi) is 5.27.